The van der Waals surface area contributed by atoms with Crippen molar-refractivity contribution in [3.05, 3.63) is 35.1 Å². The van der Waals surface area contributed by atoms with Crippen molar-refractivity contribution in [3.8, 4) is 17.6 Å². The van der Waals surface area contributed by atoms with Crippen molar-refractivity contribution in [1.82, 2.24) is 0 Å². The highest BCUT2D eigenvalue weighted by molar-refractivity contribution is 6.24. The van der Waals surface area contributed by atoms with Gasteiger partial charge in [0.05, 0.1) is 19.8 Å². The Morgan fingerprint density at radius 2 is 1.91 bits per heavy atom. The van der Waals surface area contributed by atoms with Crippen molar-refractivity contribution in [1.29, 1.82) is 0 Å². The van der Waals surface area contributed by atoms with E-state index in [0.29, 0.717) is 17.2 Å². The van der Waals surface area contributed by atoms with Crippen molar-refractivity contribution in [2.45, 2.75) is 26.2 Å². The van der Waals surface area contributed by atoms with Crippen molar-refractivity contribution in [3.63, 3.8) is 0 Å². The average molecular weight is 296 g/mol. The molecule has 0 amide bonds. The molecule has 1 aromatic rings. The number of rotatable bonds is 3. The summed E-state index contributed by atoms with van der Waals surface area (Å²) in [5.41, 5.74) is 2.41. The van der Waals surface area contributed by atoms with Crippen LogP contribution in [-0.2, 0) is 9.53 Å². The van der Waals surface area contributed by atoms with Crippen LogP contribution >= 0.6 is 0 Å². The summed E-state index contributed by atoms with van der Waals surface area (Å²) in [6.45, 7) is 1.80. The summed E-state index contributed by atoms with van der Waals surface area (Å²) in [6.07, 6.45) is 2.92. The van der Waals surface area contributed by atoms with E-state index >= 15 is 0 Å². The molecule has 2 aliphatic rings. The first-order valence-electron chi connectivity index (χ1n) is 7.63. The van der Waals surface area contributed by atoms with Crippen LogP contribution in [0.3, 0.4) is 0 Å². The summed E-state index contributed by atoms with van der Waals surface area (Å²) >= 11 is 0. The van der Waals surface area contributed by atoms with Crippen molar-refractivity contribution >= 4 is 11.4 Å². The third kappa shape index (κ3) is 2.29. The molecule has 22 heavy (non-hydrogen) atoms. The molecule has 1 aromatic carbocycles. The fourth-order valence-electron chi connectivity index (χ4n) is 3.64. The summed E-state index contributed by atoms with van der Waals surface area (Å²) in [5.74, 6) is 8.09. The lowest BCUT2D eigenvalue weighted by Crippen LogP contribution is -2.22. The molecule has 2 atom stereocenters. The van der Waals surface area contributed by atoms with Crippen LogP contribution in [-0.4, -0.2) is 20.0 Å². The fraction of sp³-hybridized carbons (Fsp3) is 0.421. The zero-order chi connectivity index (χ0) is 15.7. The molecule has 114 valence electrons. The predicted octanol–water partition coefficient (Wildman–Crippen LogP) is 3.42. The van der Waals surface area contributed by atoms with Gasteiger partial charge in [-0.1, -0.05) is 5.92 Å². The maximum Gasteiger partial charge on any atom is 0.170 e. The molecule has 3 nitrogen and oxygen atoms in total. The summed E-state index contributed by atoms with van der Waals surface area (Å²) < 4.78 is 11.1. The van der Waals surface area contributed by atoms with Crippen LogP contribution in [0, 0.1) is 23.7 Å². The number of benzene rings is 1. The number of Topliss-reactive ketones (excluding diaryl/α,β-unsaturated/α-hetero) is 1. The summed E-state index contributed by atoms with van der Waals surface area (Å²) in [6, 6.07) is 5.74. The van der Waals surface area contributed by atoms with Gasteiger partial charge in [-0.05, 0) is 44.4 Å². The fourth-order valence-corrected chi connectivity index (χ4v) is 3.64. The molecular formula is C19H20O3. The molecule has 0 heterocycles. The number of ether oxygens (including phenoxy) is 2. The van der Waals surface area contributed by atoms with Gasteiger partial charge >= 0.3 is 0 Å². The molecule has 0 spiro atoms. The monoisotopic (exact) mass is 296 g/mol. The minimum atomic E-state index is 0.138. The van der Waals surface area contributed by atoms with Crippen LogP contribution in [0.5, 0.6) is 5.75 Å². The lowest BCUT2D eigenvalue weighted by Gasteiger charge is -2.25. The van der Waals surface area contributed by atoms with E-state index in [1.807, 2.05) is 18.2 Å². The summed E-state index contributed by atoms with van der Waals surface area (Å²) in [4.78, 5) is 12.8. The third-order valence-electron chi connectivity index (χ3n) is 4.63. The number of carbonyl (C=O) groups excluding carboxylic acids is 1. The number of hydrogen-bond donors (Lipinski definition) is 0. The van der Waals surface area contributed by atoms with Crippen molar-refractivity contribution in [2.75, 3.05) is 14.2 Å². The largest absolute Gasteiger partial charge is 0.500 e. The van der Waals surface area contributed by atoms with E-state index in [-0.39, 0.29) is 11.7 Å². The molecule has 0 aliphatic heterocycles. The zero-order valence-corrected chi connectivity index (χ0v) is 13.2. The number of hydrogen-bond acceptors (Lipinski definition) is 3. The van der Waals surface area contributed by atoms with E-state index in [1.54, 1.807) is 21.1 Å². The number of methoxy groups -OCH3 is 2. The van der Waals surface area contributed by atoms with E-state index < -0.39 is 0 Å². The van der Waals surface area contributed by atoms with E-state index in [2.05, 4.69) is 11.8 Å². The first-order valence-corrected chi connectivity index (χ1v) is 7.63. The van der Waals surface area contributed by atoms with Gasteiger partial charge in [0.25, 0.3) is 0 Å². The number of ketones is 1. The second-order valence-corrected chi connectivity index (χ2v) is 5.80. The van der Waals surface area contributed by atoms with Crippen LogP contribution in [0.1, 0.15) is 37.3 Å². The van der Waals surface area contributed by atoms with Gasteiger partial charge in [0.1, 0.15) is 11.5 Å². The van der Waals surface area contributed by atoms with Crippen LogP contribution < -0.4 is 4.74 Å². The molecule has 0 radical (unpaired) electrons. The Bertz CT molecular complexity index is 703. The van der Waals surface area contributed by atoms with Crippen LogP contribution in [0.15, 0.2) is 24.0 Å². The van der Waals surface area contributed by atoms with E-state index in [9.17, 15) is 4.79 Å². The Morgan fingerprint density at radius 3 is 2.59 bits per heavy atom. The first-order chi connectivity index (χ1) is 10.7. The lowest BCUT2D eigenvalue weighted by molar-refractivity contribution is -0.117. The molecule has 2 unspecified atom stereocenters. The molecule has 0 saturated heterocycles. The van der Waals surface area contributed by atoms with Gasteiger partial charge in [0.15, 0.2) is 5.78 Å². The standard InChI is InChI=1S/C19H20O3/c1-4-5-12-6-9-15(16(10-12)21-2)17-18(20)13-7-8-14(11-13)19(17)22-3/h6,9-10,13-14H,7-8,11H2,1-3H3. The van der Waals surface area contributed by atoms with Gasteiger partial charge in [-0.2, -0.15) is 0 Å². The Kier molecular flexibility index (Phi) is 3.94. The topological polar surface area (TPSA) is 35.5 Å². The molecule has 0 N–H and O–H groups in total. The van der Waals surface area contributed by atoms with E-state index in [4.69, 9.17) is 9.47 Å². The number of fused-ring (bicyclic) bond motifs is 2. The van der Waals surface area contributed by atoms with Gasteiger partial charge in [-0.25, -0.2) is 0 Å². The maximum atomic E-state index is 12.8. The smallest absolute Gasteiger partial charge is 0.170 e. The second-order valence-electron chi connectivity index (χ2n) is 5.80. The molecule has 1 fully saturated rings. The maximum absolute atomic E-state index is 12.8. The van der Waals surface area contributed by atoms with Gasteiger partial charge < -0.3 is 9.47 Å². The Morgan fingerprint density at radius 1 is 1.14 bits per heavy atom. The SMILES string of the molecule is CC#Cc1ccc(C2=C(OC)C3CCC(C3)C2=O)c(OC)c1. The zero-order valence-electron chi connectivity index (χ0n) is 13.2. The number of allylic oxidation sites excluding steroid dienone is 2. The highest BCUT2D eigenvalue weighted by Crippen LogP contribution is 2.47. The van der Waals surface area contributed by atoms with Gasteiger partial charge in [0, 0.05) is 23.0 Å². The van der Waals surface area contributed by atoms with Gasteiger partial charge in [-0.3, -0.25) is 4.79 Å². The third-order valence-corrected chi connectivity index (χ3v) is 4.63. The molecule has 3 heteroatoms. The average Bonchev–Trinajstić information content (AvgIpc) is 2.97. The van der Waals surface area contributed by atoms with E-state index in [0.717, 1.165) is 36.1 Å². The Hall–Kier alpha value is -2.21. The molecule has 3 rings (SSSR count). The highest BCUT2D eigenvalue weighted by atomic mass is 16.5. The van der Waals surface area contributed by atoms with Crippen molar-refractivity contribution in [2.24, 2.45) is 11.8 Å². The molecular weight excluding hydrogens is 276 g/mol. The normalized spacial score (nSPS) is 23.1. The van der Waals surface area contributed by atoms with Gasteiger partial charge in [-0.15, -0.1) is 5.92 Å². The summed E-state index contributed by atoms with van der Waals surface area (Å²) in [5, 5.41) is 0. The molecule has 2 bridgehead atoms. The molecule has 2 aliphatic carbocycles. The molecule has 0 aromatic heterocycles. The lowest BCUT2D eigenvalue weighted by atomic mass is 9.83. The second kappa shape index (κ2) is 5.88. The Labute approximate surface area is 131 Å². The number of carbonyl (C=O) groups is 1. The summed E-state index contributed by atoms with van der Waals surface area (Å²) in [7, 11) is 3.28. The quantitative estimate of drug-likeness (QED) is 0.802. The first kappa shape index (κ1) is 14.7. The highest BCUT2D eigenvalue weighted by Gasteiger charge is 2.42. The van der Waals surface area contributed by atoms with Crippen LogP contribution in [0.2, 0.25) is 0 Å². The molecule has 1 saturated carbocycles. The Balaban J connectivity index is 2.15. The van der Waals surface area contributed by atoms with Gasteiger partial charge in [0.2, 0.25) is 0 Å². The minimum absolute atomic E-state index is 0.138. The predicted molar refractivity (Wildman–Crippen MR) is 85.3 cm³/mol. The van der Waals surface area contributed by atoms with Crippen LogP contribution in [0.25, 0.3) is 5.57 Å². The minimum Gasteiger partial charge on any atom is -0.500 e. The van der Waals surface area contributed by atoms with E-state index in [1.165, 1.54) is 0 Å². The van der Waals surface area contributed by atoms with Crippen molar-refractivity contribution < 1.29 is 14.3 Å². The van der Waals surface area contributed by atoms with Crippen LogP contribution in [0.4, 0.5) is 0 Å².